The predicted molar refractivity (Wildman–Crippen MR) is 88.0 cm³/mol. The van der Waals surface area contributed by atoms with Crippen LogP contribution >= 0.6 is 0 Å². The lowest BCUT2D eigenvalue weighted by Gasteiger charge is -2.34. The summed E-state index contributed by atoms with van der Waals surface area (Å²) in [4.78, 5) is 13.2. The van der Waals surface area contributed by atoms with E-state index < -0.39 is 0 Å². The molecule has 0 atom stereocenters. The standard InChI is InChI=1S/C16H20N6O/c1-9(2)19-15-14-11(5-13(6-17)20-15)7-18-16(22-14)21-12-3-10(4-12)8-23/h5,7,9-10,12,23H,3-4,8H2,1-2H3,(H,19,20)(H,18,21,22). The van der Waals surface area contributed by atoms with Crippen LogP contribution in [0.3, 0.4) is 0 Å². The van der Waals surface area contributed by atoms with Crippen molar-refractivity contribution in [1.29, 1.82) is 5.26 Å². The van der Waals surface area contributed by atoms with Crippen molar-refractivity contribution in [2.45, 2.75) is 38.8 Å². The van der Waals surface area contributed by atoms with Crippen LogP contribution in [0.1, 0.15) is 32.4 Å². The molecule has 120 valence electrons. The van der Waals surface area contributed by atoms with Gasteiger partial charge in [-0.05, 0) is 38.7 Å². The highest BCUT2D eigenvalue weighted by Gasteiger charge is 2.28. The zero-order chi connectivity index (χ0) is 16.4. The van der Waals surface area contributed by atoms with Crippen molar-refractivity contribution in [3.05, 3.63) is 18.0 Å². The van der Waals surface area contributed by atoms with Crippen molar-refractivity contribution >= 4 is 22.7 Å². The third kappa shape index (κ3) is 3.32. The summed E-state index contributed by atoms with van der Waals surface area (Å²) in [6, 6.07) is 4.24. The fourth-order valence-corrected chi connectivity index (χ4v) is 2.73. The van der Waals surface area contributed by atoms with Crippen LogP contribution in [-0.4, -0.2) is 38.7 Å². The summed E-state index contributed by atoms with van der Waals surface area (Å²) in [6.07, 6.45) is 3.57. The Bertz CT molecular complexity index is 748. The molecular formula is C16H20N6O. The van der Waals surface area contributed by atoms with Gasteiger partial charge < -0.3 is 15.7 Å². The third-order valence-electron chi connectivity index (χ3n) is 3.93. The van der Waals surface area contributed by atoms with Gasteiger partial charge in [0.05, 0.1) is 0 Å². The van der Waals surface area contributed by atoms with Crippen molar-refractivity contribution in [1.82, 2.24) is 15.0 Å². The number of aliphatic hydroxyl groups is 1. The molecule has 2 heterocycles. The molecule has 0 amide bonds. The van der Waals surface area contributed by atoms with E-state index in [4.69, 9.17) is 10.4 Å². The van der Waals surface area contributed by atoms with Crippen LogP contribution in [0, 0.1) is 17.2 Å². The van der Waals surface area contributed by atoms with Gasteiger partial charge in [-0.25, -0.2) is 15.0 Å². The molecule has 7 nitrogen and oxygen atoms in total. The molecule has 0 unspecified atom stereocenters. The Kier molecular flexibility index (Phi) is 4.26. The Morgan fingerprint density at radius 2 is 2.17 bits per heavy atom. The van der Waals surface area contributed by atoms with Gasteiger partial charge >= 0.3 is 0 Å². The molecule has 3 N–H and O–H groups in total. The van der Waals surface area contributed by atoms with Gasteiger partial charge in [-0.15, -0.1) is 0 Å². The molecule has 3 rings (SSSR count). The summed E-state index contributed by atoms with van der Waals surface area (Å²) in [5.41, 5.74) is 1.04. The van der Waals surface area contributed by atoms with E-state index in [1.54, 1.807) is 12.3 Å². The number of aliphatic hydroxyl groups excluding tert-OH is 1. The number of nitriles is 1. The van der Waals surface area contributed by atoms with E-state index in [2.05, 4.69) is 31.7 Å². The van der Waals surface area contributed by atoms with Gasteiger partial charge in [-0.2, -0.15) is 5.26 Å². The van der Waals surface area contributed by atoms with Crippen molar-refractivity contribution < 1.29 is 5.11 Å². The molecule has 0 saturated heterocycles. The van der Waals surface area contributed by atoms with E-state index in [1.165, 1.54) is 0 Å². The number of aromatic nitrogens is 3. The fourth-order valence-electron chi connectivity index (χ4n) is 2.73. The first-order valence-corrected chi connectivity index (χ1v) is 7.81. The maximum atomic E-state index is 9.10. The van der Waals surface area contributed by atoms with E-state index in [-0.39, 0.29) is 12.6 Å². The number of rotatable bonds is 5. The van der Waals surface area contributed by atoms with Crippen molar-refractivity contribution in [3.8, 4) is 6.07 Å². The molecular weight excluding hydrogens is 292 g/mol. The van der Waals surface area contributed by atoms with Crippen LogP contribution in [0.4, 0.5) is 11.8 Å². The summed E-state index contributed by atoms with van der Waals surface area (Å²) in [5, 5.41) is 25.5. The van der Waals surface area contributed by atoms with Crippen LogP contribution in [0.2, 0.25) is 0 Å². The smallest absolute Gasteiger partial charge is 0.223 e. The van der Waals surface area contributed by atoms with E-state index in [1.807, 2.05) is 13.8 Å². The Balaban J connectivity index is 1.89. The van der Waals surface area contributed by atoms with Crippen molar-refractivity contribution in [2.75, 3.05) is 17.2 Å². The van der Waals surface area contributed by atoms with Gasteiger partial charge in [0.15, 0.2) is 5.82 Å². The summed E-state index contributed by atoms with van der Waals surface area (Å²) in [6.45, 7) is 4.26. The summed E-state index contributed by atoms with van der Waals surface area (Å²) in [7, 11) is 0. The van der Waals surface area contributed by atoms with Gasteiger partial charge in [0.25, 0.3) is 0 Å². The van der Waals surface area contributed by atoms with Crippen LogP contribution in [0.5, 0.6) is 0 Å². The zero-order valence-electron chi connectivity index (χ0n) is 13.2. The lowest BCUT2D eigenvalue weighted by Crippen LogP contribution is -2.37. The molecule has 0 bridgehead atoms. The minimum absolute atomic E-state index is 0.183. The molecule has 1 fully saturated rings. The summed E-state index contributed by atoms with van der Waals surface area (Å²) < 4.78 is 0. The highest BCUT2D eigenvalue weighted by Crippen LogP contribution is 2.29. The maximum Gasteiger partial charge on any atom is 0.223 e. The fraction of sp³-hybridized carbons (Fsp3) is 0.500. The second-order valence-corrected chi connectivity index (χ2v) is 6.26. The lowest BCUT2D eigenvalue weighted by molar-refractivity contribution is 0.151. The van der Waals surface area contributed by atoms with E-state index in [9.17, 15) is 0 Å². The quantitative estimate of drug-likeness (QED) is 0.774. The molecule has 1 saturated carbocycles. The molecule has 23 heavy (non-hydrogen) atoms. The molecule has 0 radical (unpaired) electrons. The second kappa shape index (κ2) is 6.34. The molecule has 7 heteroatoms. The van der Waals surface area contributed by atoms with Crippen LogP contribution in [0.25, 0.3) is 10.9 Å². The van der Waals surface area contributed by atoms with E-state index in [0.29, 0.717) is 34.9 Å². The number of fused-ring (bicyclic) bond motifs is 1. The molecule has 2 aromatic rings. The number of nitrogens with one attached hydrogen (secondary N) is 2. The van der Waals surface area contributed by atoms with E-state index >= 15 is 0 Å². The lowest BCUT2D eigenvalue weighted by atomic mass is 9.81. The van der Waals surface area contributed by atoms with Crippen LogP contribution < -0.4 is 10.6 Å². The van der Waals surface area contributed by atoms with Crippen LogP contribution in [-0.2, 0) is 0 Å². The minimum atomic E-state index is 0.183. The van der Waals surface area contributed by atoms with Gasteiger partial charge in [-0.1, -0.05) is 0 Å². The second-order valence-electron chi connectivity index (χ2n) is 6.26. The minimum Gasteiger partial charge on any atom is -0.396 e. The normalized spacial score (nSPS) is 20.1. The van der Waals surface area contributed by atoms with Gasteiger partial charge in [0.1, 0.15) is 17.3 Å². The highest BCUT2D eigenvalue weighted by molar-refractivity contribution is 5.89. The SMILES string of the molecule is CC(C)Nc1nc(C#N)cc2cnc(NC3CC(CO)C3)nc12. The first kappa shape index (κ1) is 15.4. The molecule has 0 aromatic carbocycles. The Labute approximate surface area is 134 Å². The zero-order valence-corrected chi connectivity index (χ0v) is 13.2. The monoisotopic (exact) mass is 312 g/mol. The number of pyridine rings is 1. The molecule has 0 aliphatic heterocycles. The summed E-state index contributed by atoms with van der Waals surface area (Å²) >= 11 is 0. The largest absolute Gasteiger partial charge is 0.396 e. The molecule has 2 aromatic heterocycles. The van der Waals surface area contributed by atoms with E-state index in [0.717, 1.165) is 18.2 Å². The first-order chi connectivity index (χ1) is 11.1. The first-order valence-electron chi connectivity index (χ1n) is 7.81. The average molecular weight is 312 g/mol. The third-order valence-corrected chi connectivity index (χ3v) is 3.93. The topological polar surface area (TPSA) is 107 Å². The molecule has 0 spiro atoms. The predicted octanol–water partition coefficient (Wildman–Crippen LogP) is 1.90. The van der Waals surface area contributed by atoms with Crippen molar-refractivity contribution in [3.63, 3.8) is 0 Å². The number of hydrogen-bond donors (Lipinski definition) is 3. The van der Waals surface area contributed by atoms with Gasteiger partial charge in [0, 0.05) is 30.3 Å². The number of anilines is 2. The Morgan fingerprint density at radius 1 is 1.39 bits per heavy atom. The summed E-state index contributed by atoms with van der Waals surface area (Å²) in [5.74, 6) is 1.53. The van der Waals surface area contributed by atoms with Crippen LogP contribution in [0.15, 0.2) is 12.3 Å². The van der Waals surface area contributed by atoms with Gasteiger partial charge in [-0.3, -0.25) is 0 Å². The Hall–Kier alpha value is -2.46. The average Bonchev–Trinajstić information content (AvgIpc) is 2.49. The molecule has 1 aliphatic rings. The maximum absolute atomic E-state index is 9.10. The Morgan fingerprint density at radius 3 is 2.83 bits per heavy atom. The number of nitrogens with zero attached hydrogens (tertiary/aromatic N) is 4. The van der Waals surface area contributed by atoms with Gasteiger partial charge in [0.2, 0.25) is 5.95 Å². The van der Waals surface area contributed by atoms with Crippen molar-refractivity contribution in [2.24, 2.45) is 5.92 Å². The number of hydrogen-bond acceptors (Lipinski definition) is 7. The molecule has 1 aliphatic carbocycles. The highest BCUT2D eigenvalue weighted by atomic mass is 16.3.